The highest BCUT2D eigenvalue weighted by Crippen LogP contribution is 2.41. The van der Waals surface area contributed by atoms with Crippen molar-refractivity contribution in [3.05, 3.63) is 35.5 Å². The maximum Gasteiger partial charge on any atom is 0.303 e. The highest BCUT2D eigenvalue weighted by molar-refractivity contribution is 7.99. The zero-order valence-electron chi connectivity index (χ0n) is 20.9. The maximum atomic E-state index is 13.8. The Morgan fingerprint density at radius 1 is 1.29 bits per heavy atom. The molecule has 0 unspecified atom stereocenters. The molecule has 0 bridgehead atoms. The molecule has 192 valence electrons. The minimum atomic E-state index is -0.709. The number of carbonyl (C=O) groups is 1. The standard InChI is InChI=1S/C28H39FN2O3S/c1-34-22-8-9-26-25(17-22)24(21(19-29)20-30-26)7-4-10-28(18-27(32)33)11-13-31(14-12-28)15-16-35-23-5-2-3-6-23/h8-9,17,20,23H,2-7,10-16,18-19H2,1H3,(H,32,33). The molecule has 1 aliphatic carbocycles. The molecular weight excluding hydrogens is 463 g/mol. The van der Waals surface area contributed by atoms with E-state index in [2.05, 4.69) is 21.6 Å². The molecule has 35 heavy (non-hydrogen) atoms. The summed E-state index contributed by atoms with van der Waals surface area (Å²) >= 11 is 2.13. The number of pyridine rings is 1. The number of thioether (sulfide) groups is 1. The van der Waals surface area contributed by atoms with Crippen LogP contribution in [0.3, 0.4) is 0 Å². The van der Waals surface area contributed by atoms with Gasteiger partial charge in [-0.25, -0.2) is 4.39 Å². The van der Waals surface area contributed by atoms with Crippen LogP contribution < -0.4 is 4.74 Å². The Bertz CT molecular complexity index is 982. The number of ether oxygens (including phenoxy) is 1. The smallest absolute Gasteiger partial charge is 0.303 e. The first-order valence-electron chi connectivity index (χ1n) is 13.1. The van der Waals surface area contributed by atoms with Crippen LogP contribution in [0, 0.1) is 5.41 Å². The van der Waals surface area contributed by atoms with E-state index >= 15 is 0 Å². The number of aromatic nitrogens is 1. The number of methoxy groups -OCH3 is 1. The third-order valence-electron chi connectivity index (χ3n) is 8.06. The summed E-state index contributed by atoms with van der Waals surface area (Å²) in [6.45, 7) is 2.51. The van der Waals surface area contributed by atoms with Gasteiger partial charge in [0.05, 0.1) is 19.0 Å². The third kappa shape index (κ3) is 6.88. The number of halogens is 1. The molecule has 2 heterocycles. The van der Waals surface area contributed by atoms with E-state index in [0.717, 1.165) is 72.8 Å². The number of rotatable bonds is 12. The van der Waals surface area contributed by atoms with Crippen LogP contribution in [0.25, 0.3) is 10.9 Å². The summed E-state index contributed by atoms with van der Waals surface area (Å²) < 4.78 is 19.2. The van der Waals surface area contributed by atoms with E-state index in [4.69, 9.17) is 4.74 Å². The van der Waals surface area contributed by atoms with Crippen LogP contribution in [0.2, 0.25) is 0 Å². The molecule has 0 radical (unpaired) electrons. The number of hydrogen-bond acceptors (Lipinski definition) is 5. The molecule has 2 aromatic rings. The van der Waals surface area contributed by atoms with Gasteiger partial charge in [0.2, 0.25) is 0 Å². The van der Waals surface area contributed by atoms with Crippen LogP contribution >= 0.6 is 11.8 Å². The molecule has 1 aromatic carbocycles. The van der Waals surface area contributed by atoms with Crippen LogP contribution in [-0.2, 0) is 17.9 Å². The lowest BCUT2D eigenvalue weighted by Crippen LogP contribution is -2.42. The fourth-order valence-electron chi connectivity index (χ4n) is 5.94. The van der Waals surface area contributed by atoms with Gasteiger partial charge < -0.3 is 14.7 Å². The van der Waals surface area contributed by atoms with Gasteiger partial charge in [-0.05, 0) is 87.2 Å². The molecule has 1 aromatic heterocycles. The van der Waals surface area contributed by atoms with E-state index < -0.39 is 12.6 Å². The zero-order valence-corrected chi connectivity index (χ0v) is 21.8. The number of alkyl halides is 1. The quantitative estimate of drug-likeness (QED) is 0.369. The van der Waals surface area contributed by atoms with Crippen LogP contribution in [0.5, 0.6) is 5.75 Å². The molecule has 2 aliphatic rings. The summed E-state index contributed by atoms with van der Waals surface area (Å²) in [5.41, 5.74) is 2.26. The topological polar surface area (TPSA) is 62.7 Å². The van der Waals surface area contributed by atoms with Crippen molar-refractivity contribution in [3.63, 3.8) is 0 Å². The normalized spacial score (nSPS) is 18.8. The van der Waals surface area contributed by atoms with E-state index in [0.29, 0.717) is 12.0 Å². The van der Waals surface area contributed by atoms with Gasteiger partial charge in [0.15, 0.2) is 0 Å². The Hall–Kier alpha value is -1.86. The average Bonchev–Trinajstić information content (AvgIpc) is 3.38. The molecular formula is C28H39FN2O3S. The van der Waals surface area contributed by atoms with Crippen molar-refractivity contribution in [2.75, 3.05) is 32.5 Å². The fraction of sp³-hybridized carbons (Fsp3) is 0.643. The van der Waals surface area contributed by atoms with Gasteiger partial charge in [0.1, 0.15) is 12.4 Å². The molecule has 1 saturated carbocycles. The molecule has 1 saturated heterocycles. The minimum absolute atomic E-state index is 0.169. The van der Waals surface area contributed by atoms with Gasteiger partial charge in [0.25, 0.3) is 0 Å². The Morgan fingerprint density at radius 3 is 2.74 bits per heavy atom. The van der Waals surface area contributed by atoms with Crippen LogP contribution in [0.4, 0.5) is 4.39 Å². The lowest BCUT2D eigenvalue weighted by atomic mass is 9.72. The first-order valence-corrected chi connectivity index (χ1v) is 14.1. The van der Waals surface area contributed by atoms with Crippen LogP contribution in [0.1, 0.15) is 68.9 Å². The third-order valence-corrected chi connectivity index (χ3v) is 9.42. The van der Waals surface area contributed by atoms with E-state index in [-0.39, 0.29) is 11.8 Å². The highest BCUT2D eigenvalue weighted by Gasteiger charge is 2.36. The van der Waals surface area contributed by atoms with Gasteiger partial charge in [-0.2, -0.15) is 11.8 Å². The van der Waals surface area contributed by atoms with Crippen molar-refractivity contribution in [1.82, 2.24) is 9.88 Å². The van der Waals surface area contributed by atoms with Crippen molar-refractivity contribution >= 4 is 28.6 Å². The van der Waals surface area contributed by atoms with Crippen molar-refractivity contribution < 1.29 is 19.0 Å². The average molecular weight is 503 g/mol. The summed E-state index contributed by atoms with van der Waals surface area (Å²) in [7, 11) is 1.63. The molecule has 1 aliphatic heterocycles. The summed E-state index contributed by atoms with van der Waals surface area (Å²) in [6, 6.07) is 5.72. The van der Waals surface area contributed by atoms with Gasteiger partial charge in [-0.3, -0.25) is 9.78 Å². The molecule has 1 N–H and O–H groups in total. The fourth-order valence-corrected chi connectivity index (χ4v) is 7.30. The Balaban J connectivity index is 1.36. The Morgan fingerprint density at radius 2 is 2.06 bits per heavy atom. The number of carboxylic acid groups (broad SMARTS) is 1. The van der Waals surface area contributed by atoms with Crippen molar-refractivity contribution in [2.45, 2.75) is 76.1 Å². The second kappa shape index (κ2) is 12.4. The van der Waals surface area contributed by atoms with Gasteiger partial charge in [-0.15, -0.1) is 0 Å². The largest absolute Gasteiger partial charge is 0.497 e. The first kappa shape index (κ1) is 26.2. The molecule has 7 heteroatoms. The number of benzene rings is 1. The van der Waals surface area contributed by atoms with Crippen molar-refractivity contribution in [1.29, 1.82) is 0 Å². The summed E-state index contributed by atoms with van der Waals surface area (Å²) in [5, 5.41) is 11.5. The molecule has 5 nitrogen and oxygen atoms in total. The van der Waals surface area contributed by atoms with E-state index in [1.54, 1.807) is 13.3 Å². The summed E-state index contributed by atoms with van der Waals surface area (Å²) in [5.74, 6) is 1.21. The maximum absolute atomic E-state index is 13.8. The number of aliphatic carboxylic acids is 1. The second-order valence-corrected chi connectivity index (χ2v) is 11.7. The highest BCUT2D eigenvalue weighted by atomic mass is 32.2. The minimum Gasteiger partial charge on any atom is -0.497 e. The lowest BCUT2D eigenvalue weighted by molar-refractivity contribution is -0.140. The van der Waals surface area contributed by atoms with Gasteiger partial charge >= 0.3 is 5.97 Å². The Kier molecular flexibility index (Phi) is 9.28. The van der Waals surface area contributed by atoms with Crippen LogP contribution in [-0.4, -0.2) is 58.7 Å². The number of fused-ring (bicyclic) bond motifs is 1. The number of likely N-dealkylation sites (tertiary alicyclic amines) is 1. The monoisotopic (exact) mass is 502 g/mol. The predicted molar refractivity (Wildman–Crippen MR) is 141 cm³/mol. The number of carboxylic acids is 1. The Labute approximate surface area is 212 Å². The summed E-state index contributed by atoms with van der Waals surface area (Å²) in [6.07, 6.45) is 11.6. The molecule has 0 amide bonds. The van der Waals surface area contributed by atoms with Gasteiger partial charge in [0, 0.05) is 34.7 Å². The number of hydrogen-bond donors (Lipinski definition) is 1. The van der Waals surface area contributed by atoms with Crippen LogP contribution in [0.15, 0.2) is 24.4 Å². The molecule has 0 spiro atoms. The molecule has 2 fully saturated rings. The molecule has 0 atom stereocenters. The SMILES string of the molecule is COc1ccc2ncc(CF)c(CCCC3(CC(=O)O)CCN(CCSC4CCCC4)CC3)c2c1. The summed E-state index contributed by atoms with van der Waals surface area (Å²) in [4.78, 5) is 18.7. The molecule has 4 rings (SSSR count). The van der Waals surface area contributed by atoms with Gasteiger partial charge in [-0.1, -0.05) is 12.8 Å². The number of aryl methyl sites for hydroxylation is 1. The second-order valence-electron chi connectivity index (χ2n) is 10.3. The van der Waals surface area contributed by atoms with E-state index in [1.807, 2.05) is 18.2 Å². The van der Waals surface area contributed by atoms with E-state index in [1.165, 1.54) is 31.4 Å². The van der Waals surface area contributed by atoms with Crippen molar-refractivity contribution in [2.24, 2.45) is 5.41 Å². The van der Waals surface area contributed by atoms with E-state index in [9.17, 15) is 14.3 Å². The van der Waals surface area contributed by atoms with Crippen molar-refractivity contribution in [3.8, 4) is 5.75 Å². The number of nitrogens with zero attached hydrogens (tertiary/aromatic N) is 2. The zero-order chi connectivity index (χ0) is 24.7. The first-order chi connectivity index (χ1) is 17.0. The predicted octanol–water partition coefficient (Wildman–Crippen LogP) is 6.27. The lowest BCUT2D eigenvalue weighted by Gasteiger charge is -2.41. The number of piperidine rings is 1.